The molecule has 2 unspecified atom stereocenters. The van der Waals surface area contributed by atoms with Gasteiger partial charge in [-0.3, -0.25) is 0 Å². The van der Waals surface area contributed by atoms with E-state index in [9.17, 15) is 0 Å². The van der Waals surface area contributed by atoms with Crippen molar-refractivity contribution in [3.63, 3.8) is 0 Å². The van der Waals surface area contributed by atoms with Crippen LogP contribution < -0.4 is 0 Å². The standard InChI is InChI=1S/C11H21N/c1-3-10-6-4-7-11(10)8-5-9-12(11)2/h10H,3-9H2,1-2H3. The molecule has 1 aliphatic heterocycles. The van der Waals surface area contributed by atoms with Crippen LogP contribution in [-0.2, 0) is 0 Å². The molecule has 0 amide bonds. The van der Waals surface area contributed by atoms with Gasteiger partial charge in [0.15, 0.2) is 0 Å². The van der Waals surface area contributed by atoms with Crippen molar-refractivity contribution in [2.75, 3.05) is 13.6 Å². The van der Waals surface area contributed by atoms with E-state index in [2.05, 4.69) is 18.9 Å². The molecule has 0 aromatic heterocycles. The summed E-state index contributed by atoms with van der Waals surface area (Å²) in [5, 5.41) is 0. The van der Waals surface area contributed by atoms with Gasteiger partial charge in [0.25, 0.3) is 0 Å². The fourth-order valence-corrected chi connectivity index (χ4v) is 3.58. The first-order chi connectivity index (χ1) is 5.79. The van der Waals surface area contributed by atoms with Gasteiger partial charge in [0.2, 0.25) is 0 Å². The van der Waals surface area contributed by atoms with Crippen LogP contribution in [0.5, 0.6) is 0 Å². The van der Waals surface area contributed by atoms with Gasteiger partial charge in [-0.1, -0.05) is 19.8 Å². The van der Waals surface area contributed by atoms with E-state index < -0.39 is 0 Å². The molecule has 1 aliphatic carbocycles. The monoisotopic (exact) mass is 167 g/mol. The Hall–Kier alpha value is -0.0400. The maximum absolute atomic E-state index is 2.65. The second-order valence-corrected chi connectivity index (χ2v) is 4.63. The van der Waals surface area contributed by atoms with E-state index in [1.54, 1.807) is 0 Å². The molecular weight excluding hydrogens is 146 g/mol. The van der Waals surface area contributed by atoms with Crippen LogP contribution in [0.2, 0.25) is 0 Å². The average molecular weight is 167 g/mol. The second kappa shape index (κ2) is 3.02. The van der Waals surface area contributed by atoms with Crippen LogP contribution in [0.15, 0.2) is 0 Å². The third-order valence-electron chi connectivity index (χ3n) is 4.28. The van der Waals surface area contributed by atoms with Gasteiger partial charge < -0.3 is 4.90 Å². The van der Waals surface area contributed by atoms with Crippen LogP contribution in [0.4, 0.5) is 0 Å². The summed E-state index contributed by atoms with van der Waals surface area (Å²) in [7, 11) is 2.33. The lowest BCUT2D eigenvalue weighted by molar-refractivity contribution is 0.120. The lowest BCUT2D eigenvalue weighted by Crippen LogP contribution is -2.44. The summed E-state index contributed by atoms with van der Waals surface area (Å²) < 4.78 is 0. The molecule has 0 aromatic carbocycles. The van der Waals surface area contributed by atoms with Crippen molar-refractivity contribution in [3.8, 4) is 0 Å². The first-order valence-corrected chi connectivity index (χ1v) is 5.51. The summed E-state index contributed by atoms with van der Waals surface area (Å²) in [6, 6.07) is 0. The molecule has 2 fully saturated rings. The van der Waals surface area contributed by atoms with Gasteiger partial charge in [-0.2, -0.15) is 0 Å². The molecule has 0 radical (unpaired) electrons. The average Bonchev–Trinajstić information content (AvgIpc) is 2.62. The molecule has 1 saturated heterocycles. The molecule has 1 spiro atoms. The maximum Gasteiger partial charge on any atom is 0.0235 e. The van der Waals surface area contributed by atoms with Crippen LogP contribution >= 0.6 is 0 Å². The van der Waals surface area contributed by atoms with Crippen molar-refractivity contribution in [1.29, 1.82) is 0 Å². The quantitative estimate of drug-likeness (QED) is 0.580. The third-order valence-corrected chi connectivity index (χ3v) is 4.28. The summed E-state index contributed by atoms with van der Waals surface area (Å²) in [4.78, 5) is 2.65. The van der Waals surface area contributed by atoms with Crippen molar-refractivity contribution in [2.24, 2.45) is 5.92 Å². The minimum Gasteiger partial charge on any atom is -0.300 e. The van der Waals surface area contributed by atoms with Crippen molar-refractivity contribution >= 4 is 0 Å². The molecule has 12 heavy (non-hydrogen) atoms. The fourth-order valence-electron chi connectivity index (χ4n) is 3.58. The second-order valence-electron chi connectivity index (χ2n) is 4.63. The minimum atomic E-state index is 0.648. The summed E-state index contributed by atoms with van der Waals surface area (Å²) >= 11 is 0. The number of rotatable bonds is 1. The van der Waals surface area contributed by atoms with E-state index in [0.29, 0.717) is 5.54 Å². The largest absolute Gasteiger partial charge is 0.300 e. The van der Waals surface area contributed by atoms with E-state index in [-0.39, 0.29) is 0 Å². The predicted octanol–water partition coefficient (Wildman–Crippen LogP) is 2.66. The van der Waals surface area contributed by atoms with Crippen LogP contribution in [0.25, 0.3) is 0 Å². The van der Waals surface area contributed by atoms with Crippen LogP contribution in [-0.4, -0.2) is 24.0 Å². The summed E-state index contributed by atoms with van der Waals surface area (Å²) in [6.45, 7) is 3.71. The molecule has 1 heteroatoms. The van der Waals surface area contributed by atoms with Crippen LogP contribution in [0, 0.1) is 5.92 Å². The van der Waals surface area contributed by atoms with Crippen molar-refractivity contribution in [2.45, 2.75) is 51.0 Å². The van der Waals surface area contributed by atoms with Crippen LogP contribution in [0.1, 0.15) is 45.4 Å². The summed E-state index contributed by atoms with van der Waals surface area (Å²) in [5.41, 5.74) is 0.648. The van der Waals surface area contributed by atoms with E-state index in [1.165, 1.54) is 45.1 Å². The van der Waals surface area contributed by atoms with Gasteiger partial charge in [0.1, 0.15) is 0 Å². The maximum atomic E-state index is 2.65. The lowest BCUT2D eigenvalue weighted by Gasteiger charge is -2.37. The lowest BCUT2D eigenvalue weighted by atomic mass is 9.83. The molecule has 1 nitrogen and oxygen atoms in total. The van der Waals surface area contributed by atoms with Gasteiger partial charge >= 0.3 is 0 Å². The third kappa shape index (κ3) is 1.02. The van der Waals surface area contributed by atoms with Crippen molar-refractivity contribution < 1.29 is 0 Å². The normalized spacial score (nSPS) is 43.0. The van der Waals surface area contributed by atoms with Gasteiger partial charge in [-0.15, -0.1) is 0 Å². The molecular formula is C11H21N. The fraction of sp³-hybridized carbons (Fsp3) is 1.00. The molecule has 2 aliphatic rings. The molecule has 70 valence electrons. The number of hydrogen-bond donors (Lipinski definition) is 0. The first kappa shape index (κ1) is 8.55. The minimum absolute atomic E-state index is 0.648. The van der Waals surface area contributed by atoms with E-state index >= 15 is 0 Å². The number of likely N-dealkylation sites (tertiary alicyclic amines) is 1. The molecule has 2 rings (SSSR count). The van der Waals surface area contributed by atoms with Gasteiger partial charge in [-0.05, 0) is 45.2 Å². The molecule has 1 heterocycles. The smallest absolute Gasteiger partial charge is 0.0235 e. The number of hydrogen-bond acceptors (Lipinski definition) is 1. The van der Waals surface area contributed by atoms with Gasteiger partial charge in [0, 0.05) is 5.54 Å². The summed E-state index contributed by atoms with van der Waals surface area (Å²) in [5.74, 6) is 1.00. The topological polar surface area (TPSA) is 3.24 Å². The highest BCUT2D eigenvalue weighted by atomic mass is 15.2. The predicted molar refractivity (Wildman–Crippen MR) is 52.2 cm³/mol. The molecule has 0 N–H and O–H groups in total. The molecule has 0 bridgehead atoms. The first-order valence-electron chi connectivity index (χ1n) is 5.51. The Morgan fingerprint density at radius 1 is 1.33 bits per heavy atom. The Morgan fingerprint density at radius 3 is 2.67 bits per heavy atom. The highest BCUT2D eigenvalue weighted by Crippen LogP contribution is 2.47. The molecule has 2 atom stereocenters. The molecule has 0 aromatic rings. The zero-order valence-electron chi connectivity index (χ0n) is 8.47. The number of nitrogens with zero attached hydrogens (tertiary/aromatic N) is 1. The van der Waals surface area contributed by atoms with E-state index in [1.807, 2.05) is 0 Å². The Balaban J connectivity index is 2.17. The van der Waals surface area contributed by atoms with Gasteiger partial charge in [-0.25, -0.2) is 0 Å². The van der Waals surface area contributed by atoms with Gasteiger partial charge in [0.05, 0.1) is 0 Å². The zero-order valence-corrected chi connectivity index (χ0v) is 8.47. The SMILES string of the molecule is CCC1CCCC12CCCN2C. The highest BCUT2D eigenvalue weighted by Gasteiger charge is 2.46. The van der Waals surface area contributed by atoms with Crippen LogP contribution in [0.3, 0.4) is 0 Å². The zero-order chi connectivity index (χ0) is 8.60. The van der Waals surface area contributed by atoms with Crippen molar-refractivity contribution in [3.05, 3.63) is 0 Å². The van der Waals surface area contributed by atoms with Crippen molar-refractivity contribution in [1.82, 2.24) is 4.90 Å². The van der Waals surface area contributed by atoms with E-state index in [0.717, 1.165) is 5.92 Å². The Bertz CT molecular complexity index is 162. The Kier molecular flexibility index (Phi) is 2.16. The Labute approximate surface area is 76.1 Å². The highest BCUT2D eigenvalue weighted by molar-refractivity contribution is 5.02. The van der Waals surface area contributed by atoms with E-state index in [4.69, 9.17) is 0 Å². The Morgan fingerprint density at radius 2 is 2.08 bits per heavy atom. The molecule has 1 saturated carbocycles. The summed E-state index contributed by atoms with van der Waals surface area (Å²) in [6.07, 6.45) is 8.74.